The van der Waals surface area contributed by atoms with Crippen LogP contribution in [0.3, 0.4) is 0 Å². The van der Waals surface area contributed by atoms with E-state index >= 15 is 0 Å². The molecule has 1 heterocycles. The summed E-state index contributed by atoms with van der Waals surface area (Å²) in [6.45, 7) is 1.86. The maximum absolute atomic E-state index is 12.4. The van der Waals surface area contributed by atoms with E-state index in [0.29, 0.717) is 5.13 Å². The summed E-state index contributed by atoms with van der Waals surface area (Å²) >= 11 is 1.60. The number of nitrogens with two attached hydrogens (primary N) is 1. The molecule has 1 aliphatic rings. The minimum atomic E-state index is -0.309. The minimum absolute atomic E-state index is 0. The maximum atomic E-state index is 12.4. The Morgan fingerprint density at radius 1 is 1.26 bits per heavy atom. The number of halogens is 1. The summed E-state index contributed by atoms with van der Waals surface area (Å²) in [6.07, 6.45) is 4.53. The standard InChI is InChI=1S/C17H21N3OS.ClH/c1-11(15(18)12-7-3-2-4-8-12)16(21)20-17-19-13-9-5-6-10-14(13)22-17;/h2-4,7-8,11,15H,5-6,9-10,18H2,1H3,(H,19,20,21);1H. The van der Waals surface area contributed by atoms with Crippen molar-refractivity contribution in [2.45, 2.75) is 38.6 Å². The first-order chi connectivity index (χ1) is 10.6. The fourth-order valence-electron chi connectivity index (χ4n) is 2.75. The lowest BCUT2D eigenvalue weighted by Crippen LogP contribution is -2.30. The molecule has 2 atom stereocenters. The SMILES string of the molecule is CC(C(=O)Nc1nc2c(s1)CCCC2)C(N)c1ccccc1.Cl. The highest BCUT2D eigenvalue weighted by Crippen LogP contribution is 2.30. The molecule has 4 nitrogen and oxygen atoms in total. The highest BCUT2D eigenvalue weighted by molar-refractivity contribution is 7.15. The molecular weight excluding hydrogens is 330 g/mol. The van der Waals surface area contributed by atoms with Gasteiger partial charge in [-0.25, -0.2) is 4.98 Å². The van der Waals surface area contributed by atoms with Crippen LogP contribution < -0.4 is 11.1 Å². The van der Waals surface area contributed by atoms with Crippen LogP contribution in [0.4, 0.5) is 5.13 Å². The van der Waals surface area contributed by atoms with E-state index in [0.717, 1.165) is 24.1 Å². The van der Waals surface area contributed by atoms with Crippen molar-refractivity contribution in [3.05, 3.63) is 46.5 Å². The van der Waals surface area contributed by atoms with Crippen LogP contribution >= 0.6 is 23.7 Å². The van der Waals surface area contributed by atoms with E-state index in [1.54, 1.807) is 11.3 Å². The van der Waals surface area contributed by atoms with E-state index < -0.39 is 0 Å². The summed E-state index contributed by atoms with van der Waals surface area (Å²) in [5.41, 5.74) is 8.35. The summed E-state index contributed by atoms with van der Waals surface area (Å²) in [6, 6.07) is 9.42. The van der Waals surface area contributed by atoms with Crippen molar-refractivity contribution in [1.29, 1.82) is 0 Å². The fourth-order valence-corrected chi connectivity index (χ4v) is 3.80. The van der Waals surface area contributed by atoms with E-state index in [9.17, 15) is 4.79 Å². The van der Waals surface area contributed by atoms with Crippen LogP contribution in [-0.2, 0) is 17.6 Å². The number of amides is 1. The van der Waals surface area contributed by atoms with E-state index in [1.807, 2.05) is 37.3 Å². The van der Waals surface area contributed by atoms with Gasteiger partial charge in [-0.05, 0) is 31.2 Å². The van der Waals surface area contributed by atoms with Crippen LogP contribution in [0.2, 0.25) is 0 Å². The van der Waals surface area contributed by atoms with Crippen molar-refractivity contribution >= 4 is 34.8 Å². The molecule has 23 heavy (non-hydrogen) atoms. The summed E-state index contributed by atoms with van der Waals surface area (Å²) in [7, 11) is 0. The molecule has 1 amide bonds. The molecule has 6 heteroatoms. The summed E-state index contributed by atoms with van der Waals surface area (Å²) < 4.78 is 0. The molecule has 2 unspecified atom stereocenters. The molecule has 0 fully saturated rings. The van der Waals surface area contributed by atoms with Gasteiger partial charge >= 0.3 is 0 Å². The molecule has 0 radical (unpaired) electrons. The Kier molecular flexibility index (Phi) is 6.16. The largest absolute Gasteiger partial charge is 0.323 e. The number of aryl methyl sites for hydroxylation is 2. The van der Waals surface area contributed by atoms with E-state index in [-0.39, 0.29) is 30.3 Å². The van der Waals surface area contributed by atoms with E-state index in [1.165, 1.54) is 17.7 Å². The predicted molar refractivity (Wildman–Crippen MR) is 97.2 cm³/mol. The van der Waals surface area contributed by atoms with Gasteiger partial charge in [0, 0.05) is 10.9 Å². The number of rotatable bonds is 4. The third-order valence-corrected chi connectivity index (χ3v) is 5.29. The normalized spacial score (nSPS) is 15.9. The Morgan fingerprint density at radius 3 is 2.65 bits per heavy atom. The lowest BCUT2D eigenvalue weighted by Gasteiger charge is -2.19. The molecule has 0 spiro atoms. The zero-order chi connectivity index (χ0) is 15.5. The van der Waals surface area contributed by atoms with Gasteiger partial charge in [0.1, 0.15) is 0 Å². The Hall–Kier alpha value is -1.43. The highest BCUT2D eigenvalue weighted by atomic mass is 35.5. The van der Waals surface area contributed by atoms with Crippen molar-refractivity contribution in [1.82, 2.24) is 4.98 Å². The van der Waals surface area contributed by atoms with Crippen LogP contribution in [0.5, 0.6) is 0 Å². The van der Waals surface area contributed by atoms with Crippen LogP contribution in [0.1, 0.15) is 41.9 Å². The highest BCUT2D eigenvalue weighted by Gasteiger charge is 2.24. The Balaban J connectivity index is 0.00000192. The molecule has 1 aromatic heterocycles. The van der Waals surface area contributed by atoms with Gasteiger partial charge in [-0.1, -0.05) is 37.3 Å². The number of nitrogens with one attached hydrogen (secondary N) is 1. The number of carbonyl (C=O) groups excluding carboxylic acids is 1. The van der Waals surface area contributed by atoms with Gasteiger partial charge in [0.05, 0.1) is 11.6 Å². The molecule has 0 saturated heterocycles. The lowest BCUT2D eigenvalue weighted by molar-refractivity contribution is -0.120. The molecule has 1 aliphatic carbocycles. The van der Waals surface area contributed by atoms with Crippen LogP contribution in [0, 0.1) is 5.92 Å². The number of aromatic nitrogens is 1. The zero-order valence-electron chi connectivity index (χ0n) is 13.1. The number of anilines is 1. The summed E-state index contributed by atoms with van der Waals surface area (Å²) in [5, 5.41) is 3.65. The van der Waals surface area contributed by atoms with Gasteiger partial charge in [-0.15, -0.1) is 23.7 Å². The van der Waals surface area contributed by atoms with Crippen molar-refractivity contribution < 1.29 is 4.79 Å². The molecule has 0 saturated carbocycles. The smallest absolute Gasteiger partial charge is 0.230 e. The minimum Gasteiger partial charge on any atom is -0.323 e. The van der Waals surface area contributed by atoms with E-state index in [2.05, 4.69) is 10.3 Å². The van der Waals surface area contributed by atoms with Gasteiger partial charge in [0.25, 0.3) is 0 Å². The van der Waals surface area contributed by atoms with Crippen molar-refractivity contribution in [3.8, 4) is 0 Å². The second-order valence-electron chi connectivity index (χ2n) is 5.81. The van der Waals surface area contributed by atoms with Gasteiger partial charge in [-0.2, -0.15) is 0 Å². The Morgan fingerprint density at radius 2 is 1.96 bits per heavy atom. The average molecular weight is 352 g/mol. The van der Waals surface area contributed by atoms with Crippen LogP contribution in [0.25, 0.3) is 0 Å². The molecule has 1 aromatic carbocycles. The number of benzene rings is 1. The second-order valence-corrected chi connectivity index (χ2v) is 6.89. The van der Waals surface area contributed by atoms with E-state index in [4.69, 9.17) is 5.73 Å². The van der Waals surface area contributed by atoms with Gasteiger partial charge in [0.2, 0.25) is 5.91 Å². The van der Waals surface area contributed by atoms with Crippen molar-refractivity contribution in [2.24, 2.45) is 11.7 Å². The first-order valence-corrected chi connectivity index (χ1v) is 8.57. The fraction of sp³-hybridized carbons (Fsp3) is 0.412. The number of carbonyl (C=O) groups is 1. The van der Waals surface area contributed by atoms with Crippen LogP contribution in [-0.4, -0.2) is 10.9 Å². The topological polar surface area (TPSA) is 68.0 Å². The van der Waals surface area contributed by atoms with Crippen LogP contribution in [0.15, 0.2) is 30.3 Å². The number of hydrogen-bond acceptors (Lipinski definition) is 4. The zero-order valence-corrected chi connectivity index (χ0v) is 14.8. The number of fused-ring (bicyclic) bond motifs is 1. The molecule has 3 rings (SSSR count). The number of hydrogen-bond donors (Lipinski definition) is 2. The molecule has 0 bridgehead atoms. The van der Waals surface area contributed by atoms with Gasteiger partial charge < -0.3 is 11.1 Å². The monoisotopic (exact) mass is 351 g/mol. The molecule has 3 N–H and O–H groups in total. The average Bonchev–Trinajstić information content (AvgIpc) is 2.96. The lowest BCUT2D eigenvalue weighted by atomic mass is 9.95. The molecule has 2 aromatic rings. The predicted octanol–water partition coefficient (Wildman–Crippen LogP) is 3.72. The summed E-state index contributed by atoms with van der Waals surface area (Å²) in [4.78, 5) is 18.3. The molecule has 124 valence electrons. The third-order valence-electron chi connectivity index (χ3n) is 4.21. The summed E-state index contributed by atoms with van der Waals surface area (Å²) in [5.74, 6) is -0.370. The number of thiazole rings is 1. The molecular formula is C17H22ClN3OS. The third kappa shape index (κ3) is 4.10. The second kappa shape index (κ2) is 7.90. The van der Waals surface area contributed by atoms with Crippen molar-refractivity contribution in [3.63, 3.8) is 0 Å². The first kappa shape index (κ1) is 17.9. The first-order valence-electron chi connectivity index (χ1n) is 7.75. The molecule has 0 aliphatic heterocycles. The van der Waals surface area contributed by atoms with Gasteiger partial charge in [-0.3, -0.25) is 4.79 Å². The Labute approximate surface area is 146 Å². The van der Waals surface area contributed by atoms with Gasteiger partial charge in [0.15, 0.2) is 5.13 Å². The maximum Gasteiger partial charge on any atom is 0.230 e. The Bertz CT molecular complexity index is 636. The quantitative estimate of drug-likeness (QED) is 0.882. The van der Waals surface area contributed by atoms with Crippen molar-refractivity contribution in [2.75, 3.05) is 5.32 Å². The number of nitrogens with zero attached hydrogens (tertiary/aromatic N) is 1.